The van der Waals surface area contributed by atoms with Crippen molar-refractivity contribution in [3.8, 4) is 11.5 Å². The van der Waals surface area contributed by atoms with Crippen molar-refractivity contribution in [2.45, 2.75) is 20.8 Å². The van der Waals surface area contributed by atoms with Crippen molar-refractivity contribution < 1.29 is 27.5 Å². The molecule has 0 saturated heterocycles. The van der Waals surface area contributed by atoms with Crippen LogP contribution in [0.3, 0.4) is 0 Å². The van der Waals surface area contributed by atoms with Crippen LogP contribution in [-0.2, 0) is 14.8 Å². The number of amides is 2. The third kappa shape index (κ3) is 6.16. The fraction of sp³-hybridized carbons (Fsp3) is 0.391. The molecular weight excluding hydrogens is 446 g/mol. The minimum atomic E-state index is -3.77. The largest absolute Gasteiger partial charge is 0.486 e. The zero-order valence-corrected chi connectivity index (χ0v) is 19.8. The maximum Gasteiger partial charge on any atom is 0.253 e. The smallest absolute Gasteiger partial charge is 0.253 e. The molecule has 0 fully saturated rings. The van der Waals surface area contributed by atoms with Gasteiger partial charge in [-0.2, -0.15) is 0 Å². The molecule has 2 amide bonds. The van der Waals surface area contributed by atoms with E-state index in [1.54, 1.807) is 42.5 Å². The monoisotopic (exact) mass is 475 g/mol. The van der Waals surface area contributed by atoms with Crippen LogP contribution in [-0.4, -0.2) is 52.3 Å². The number of hydrogen-bond acceptors (Lipinski definition) is 6. The van der Waals surface area contributed by atoms with Crippen molar-refractivity contribution in [2.75, 3.05) is 41.7 Å². The molecule has 0 aliphatic carbocycles. The Balaban J connectivity index is 1.81. The normalized spacial score (nSPS) is 12.8. The first kappa shape index (κ1) is 24.4. The van der Waals surface area contributed by atoms with E-state index >= 15 is 0 Å². The fourth-order valence-corrected chi connectivity index (χ4v) is 4.26. The van der Waals surface area contributed by atoms with Crippen molar-refractivity contribution in [1.82, 2.24) is 5.32 Å². The summed E-state index contributed by atoms with van der Waals surface area (Å²) in [5.74, 6) is 0.125. The predicted molar refractivity (Wildman–Crippen MR) is 126 cm³/mol. The van der Waals surface area contributed by atoms with Crippen LogP contribution in [0.2, 0.25) is 0 Å². The molecule has 0 aromatic heterocycles. The Morgan fingerprint density at radius 1 is 1.06 bits per heavy atom. The Hall–Kier alpha value is -3.27. The zero-order chi connectivity index (χ0) is 24.0. The van der Waals surface area contributed by atoms with Gasteiger partial charge in [0.05, 0.1) is 22.7 Å². The molecule has 3 rings (SSSR count). The summed E-state index contributed by atoms with van der Waals surface area (Å²) < 4.78 is 37.7. The second kappa shape index (κ2) is 10.6. The maximum absolute atomic E-state index is 12.9. The Kier molecular flexibility index (Phi) is 7.80. The fourth-order valence-electron chi connectivity index (χ4n) is 3.20. The van der Waals surface area contributed by atoms with Gasteiger partial charge in [0.15, 0.2) is 11.5 Å². The van der Waals surface area contributed by atoms with E-state index in [1.165, 1.54) is 6.92 Å². The first-order valence-corrected chi connectivity index (χ1v) is 12.4. The molecule has 1 aliphatic rings. The minimum Gasteiger partial charge on any atom is -0.486 e. The van der Waals surface area contributed by atoms with Gasteiger partial charge in [0.2, 0.25) is 15.9 Å². The number of rotatable bonds is 9. The lowest BCUT2D eigenvalue weighted by Gasteiger charge is -2.26. The molecule has 1 heterocycles. The highest BCUT2D eigenvalue weighted by Gasteiger charge is 2.26. The summed E-state index contributed by atoms with van der Waals surface area (Å²) in [5.41, 5.74) is 0.898. The number of ether oxygens (including phenoxy) is 2. The minimum absolute atomic E-state index is 0.192. The van der Waals surface area contributed by atoms with Crippen LogP contribution in [0.25, 0.3) is 0 Å². The van der Waals surface area contributed by atoms with E-state index in [4.69, 9.17) is 9.47 Å². The lowest BCUT2D eigenvalue weighted by Crippen LogP contribution is -2.39. The third-order valence-electron chi connectivity index (χ3n) is 4.92. The maximum atomic E-state index is 12.9. The topological polar surface area (TPSA) is 114 Å². The predicted octanol–water partition coefficient (Wildman–Crippen LogP) is 2.64. The number of carbonyl (C=O) groups excluding carboxylic acids is 2. The molecule has 2 aromatic carbocycles. The van der Waals surface area contributed by atoms with Gasteiger partial charge in [0.1, 0.15) is 19.8 Å². The second-order valence-corrected chi connectivity index (χ2v) is 10.1. The molecule has 2 aromatic rings. The zero-order valence-electron chi connectivity index (χ0n) is 19.0. The number of hydrogen-bond donors (Lipinski definition) is 2. The standard InChI is InChI=1S/C23H29N3O6S/c1-4-33(29,30)26(17-9-10-20-21(13-17)32-12-11-31-20)15-22(27)25-19-8-6-5-7-18(19)23(28)24-14-16(2)3/h5-10,13,16H,4,11-12,14-15H2,1-3H3,(H,24,28)(H,25,27). The van der Waals surface area contributed by atoms with Gasteiger partial charge < -0.3 is 20.1 Å². The quantitative estimate of drug-likeness (QED) is 0.576. The van der Waals surface area contributed by atoms with Gasteiger partial charge >= 0.3 is 0 Å². The molecule has 33 heavy (non-hydrogen) atoms. The molecule has 0 unspecified atom stereocenters. The summed E-state index contributed by atoms with van der Waals surface area (Å²) in [7, 11) is -3.77. The van der Waals surface area contributed by atoms with Crippen LogP contribution in [0.5, 0.6) is 11.5 Å². The summed E-state index contributed by atoms with van der Waals surface area (Å²) in [6, 6.07) is 11.3. The van der Waals surface area contributed by atoms with Gasteiger partial charge in [-0.1, -0.05) is 26.0 Å². The van der Waals surface area contributed by atoms with E-state index in [-0.39, 0.29) is 17.6 Å². The van der Waals surface area contributed by atoms with Crippen LogP contribution >= 0.6 is 0 Å². The highest BCUT2D eigenvalue weighted by Crippen LogP contribution is 2.34. The summed E-state index contributed by atoms with van der Waals surface area (Å²) >= 11 is 0. The van der Waals surface area contributed by atoms with Crippen molar-refractivity contribution >= 4 is 33.2 Å². The molecule has 0 bridgehead atoms. The highest BCUT2D eigenvalue weighted by molar-refractivity contribution is 7.92. The van der Waals surface area contributed by atoms with Crippen molar-refractivity contribution in [3.63, 3.8) is 0 Å². The number of nitrogens with one attached hydrogen (secondary N) is 2. The molecule has 178 valence electrons. The number of anilines is 2. The van der Waals surface area contributed by atoms with Gasteiger partial charge in [0.25, 0.3) is 5.91 Å². The first-order chi connectivity index (χ1) is 15.7. The molecular formula is C23H29N3O6S. The van der Waals surface area contributed by atoms with E-state index in [9.17, 15) is 18.0 Å². The highest BCUT2D eigenvalue weighted by atomic mass is 32.2. The van der Waals surface area contributed by atoms with Gasteiger partial charge in [-0.05, 0) is 37.1 Å². The Bertz CT molecular complexity index is 1120. The van der Waals surface area contributed by atoms with Gasteiger partial charge in [0, 0.05) is 12.6 Å². The van der Waals surface area contributed by atoms with Gasteiger partial charge in [-0.25, -0.2) is 8.42 Å². The molecule has 9 nitrogen and oxygen atoms in total. The summed E-state index contributed by atoms with van der Waals surface area (Å²) in [6.45, 7) is 6.27. The van der Waals surface area contributed by atoms with Crippen LogP contribution in [0, 0.1) is 5.92 Å². The average molecular weight is 476 g/mol. The van der Waals surface area contributed by atoms with Crippen LogP contribution in [0.4, 0.5) is 11.4 Å². The Morgan fingerprint density at radius 2 is 1.76 bits per heavy atom. The van der Waals surface area contributed by atoms with Crippen molar-refractivity contribution in [2.24, 2.45) is 5.92 Å². The number of fused-ring (bicyclic) bond motifs is 1. The van der Waals surface area contributed by atoms with Crippen LogP contribution in [0.15, 0.2) is 42.5 Å². The first-order valence-electron chi connectivity index (χ1n) is 10.8. The molecule has 0 atom stereocenters. The van der Waals surface area contributed by atoms with E-state index in [2.05, 4.69) is 10.6 Å². The molecule has 0 radical (unpaired) electrons. The lowest BCUT2D eigenvalue weighted by atomic mass is 10.1. The van der Waals surface area contributed by atoms with Crippen molar-refractivity contribution in [3.05, 3.63) is 48.0 Å². The van der Waals surface area contributed by atoms with E-state index in [0.29, 0.717) is 48.2 Å². The van der Waals surface area contributed by atoms with E-state index in [1.807, 2.05) is 13.8 Å². The molecule has 2 N–H and O–H groups in total. The second-order valence-electron chi connectivity index (χ2n) is 7.93. The number of carbonyl (C=O) groups is 2. The molecule has 10 heteroatoms. The number of benzene rings is 2. The third-order valence-corrected chi connectivity index (χ3v) is 6.66. The molecule has 0 saturated carbocycles. The Labute approximate surface area is 194 Å². The lowest BCUT2D eigenvalue weighted by molar-refractivity contribution is -0.114. The van der Waals surface area contributed by atoms with E-state index < -0.39 is 22.5 Å². The summed E-state index contributed by atoms with van der Waals surface area (Å²) in [4.78, 5) is 25.4. The average Bonchev–Trinajstić information content (AvgIpc) is 2.81. The van der Waals surface area contributed by atoms with Crippen molar-refractivity contribution in [1.29, 1.82) is 0 Å². The van der Waals surface area contributed by atoms with E-state index in [0.717, 1.165) is 4.31 Å². The molecule has 0 spiro atoms. The van der Waals surface area contributed by atoms with Gasteiger partial charge in [-0.15, -0.1) is 0 Å². The summed E-state index contributed by atoms with van der Waals surface area (Å²) in [5, 5.41) is 5.49. The van der Waals surface area contributed by atoms with Gasteiger partial charge in [-0.3, -0.25) is 13.9 Å². The number of para-hydroxylation sites is 1. The molecule has 1 aliphatic heterocycles. The van der Waals surface area contributed by atoms with Crippen LogP contribution in [0.1, 0.15) is 31.1 Å². The number of nitrogens with zero attached hydrogens (tertiary/aromatic N) is 1. The number of sulfonamides is 1. The SMILES string of the molecule is CCS(=O)(=O)N(CC(=O)Nc1ccccc1C(=O)NCC(C)C)c1ccc2c(c1)OCCO2. The van der Waals surface area contributed by atoms with Crippen LogP contribution < -0.4 is 24.4 Å². The summed E-state index contributed by atoms with van der Waals surface area (Å²) in [6.07, 6.45) is 0. The Morgan fingerprint density at radius 3 is 2.45 bits per heavy atom.